The minimum absolute atomic E-state index is 0.0334. The molecule has 0 saturated carbocycles. The van der Waals surface area contributed by atoms with Crippen LogP contribution in [0.1, 0.15) is 59.3 Å². The molecule has 0 aromatic rings. The fourth-order valence-corrected chi connectivity index (χ4v) is 1.77. The van der Waals surface area contributed by atoms with Crippen LogP contribution in [0.5, 0.6) is 0 Å². The first-order chi connectivity index (χ1) is 10.4. The molecule has 0 rings (SSSR count). The molecule has 0 aliphatic carbocycles. The van der Waals surface area contributed by atoms with E-state index in [9.17, 15) is 14.4 Å². The van der Waals surface area contributed by atoms with Crippen LogP contribution in [0.3, 0.4) is 0 Å². The van der Waals surface area contributed by atoms with Crippen molar-refractivity contribution < 1.29 is 19.1 Å². The van der Waals surface area contributed by atoms with Gasteiger partial charge in [0, 0.05) is 39.0 Å². The first kappa shape index (κ1) is 20.6. The van der Waals surface area contributed by atoms with Gasteiger partial charge in [-0.1, -0.05) is 0 Å². The summed E-state index contributed by atoms with van der Waals surface area (Å²) in [4.78, 5) is 33.8. The topological polar surface area (TPSA) is 84.5 Å². The van der Waals surface area contributed by atoms with E-state index in [0.29, 0.717) is 51.8 Å². The number of ether oxygens (including phenoxy) is 1. The molecule has 0 bridgehead atoms. The summed E-state index contributed by atoms with van der Waals surface area (Å²) in [6.07, 6.45) is 3.39. The van der Waals surface area contributed by atoms with E-state index in [1.807, 2.05) is 13.8 Å². The van der Waals surface area contributed by atoms with Crippen LogP contribution in [0, 0.1) is 0 Å². The first-order valence-electron chi connectivity index (χ1n) is 8.06. The predicted molar refractivity (Wildman–Crippen MR) is 85.5 cm³/mol. The van der Waals surface area contributed by atoms with Crippen LogP contribution in [-0.2, 0) is 19.1 Å². The van der Waals surface area contributed by atoms with Gasteiger partial charge in [0.05, 0.1) is 6.10 Å². The molecule has 0 fully saturated rings. The van der Waals surface area contributed by atoms with Gasteiger partial charge < -0.3 is 20.2 Å². The molecule has 128 valence electrons. The van der Waals surface area contributed by atoms with Crippen LogP contribution < -0.4 is 10.6 Å². The maximum Gasteiger partial charge on any atom is 0.220 e. The molecule has 2 amide bonds. The average molecular weight is 314 g/mol. The molecular formula is C16H30N2O4. The largest absolute Gasteiger partial charge is 0.379 e. The van der Waals surface area contributed by atoms with Crippen molar-refractivity contribution in [1.82, 2.24) is 10.6 Å². The van der Waals surface area contributed by atoms with Gasteiger partial charge in [0.2, 0.25) is 11.8 Å². The van der Waals surface area contributed by atoms with Crippen molar-refractivity contribution in [2.24, 2.45) is 0 Å². The van der Waals surface area contributed by atoms with Crippen LogP contribution in [0.2, 0.25) is 0 Å². The third kappa shape index (κ3) is 15.0. The van der Waals surface area contributed by atoms with Gasteiger partial charge >= 0.3 is 0 Å². The minimum Gasteiger partial charge on any atom is -0.379 e. The summed E-state index contributed by atoms with van der Waals surface area (Å²) in [7, 11) is 0. The Labute approximate surface area is 133 Å². The SMILES string of the molecule is CC(=O)CCCNC(=O)CCCC(=O)NCCCOC(C)C. The van der Waals surface area contributed by atoms with E-state index >= 15 is 0 Å². The summed E-state index contributed by atoms with van der Waals surface area (Å²) < 4.78 is 5.37. The van der Waals surface area contributed by atoms with Crippen molar-refractivity contribution >= 4 is 17.6 Å². The lowest BCUT2D eigenvalue weighted by molar-refractivity contribution is -0.123. The number of Topliss-reactive ketones (excluding diaryl/α,β-unsaturated/α-hetero) is 1. The van der Waals surface area contributed by atoms with E-state index < -0.39 is 0 Å². The number of ketones is 1. The molecule has 0 unspecified atom stereocenters. The fourth-order valence-electron chi connectivity index (χ4n) is 1.77. The molecular weight excluding hydrogens is 284 g/mol. The normalized spacial score (nSPS) is 10.5. The third-order valence-electron chi connectivity index (χ3n) is 2.93. The van der Waals surface area contributed by atoms with Gasteiger partial charge in [-0.2, -0.15) is 0 Å². The number of nitrogens with one attached hydrogen (secondary N) is 2. The zero-order valence-corrected chi connectivity index (χ0v) is 14.1. The number of hydrogen-bond acceptors (Lipinski definition) is 4. The summed E-state index contributed by atoms with van der Waals surface area (Å²) in [6.45, 7) is 7.24. The minimum atomic E-state index is -0.0679. The highest BCUT2D eigenvalue weighted by molar-refractivity contribution is 5.79. The Kier molecular flexibility index (Phi) is 12.4. The highest BCUT2D eigenvalue weighted by Gasteiger charge is 2.05. The van der Waals surface area contributed by atoms with Crippen molar-refractivity contribution in [2.75, 3.05) is 19.7 Å². The molecule has 0 aromatic heterocycles. The summed E-state index contributed by atoms with van der Waals surface area (Å²) >= 11 is 0. The predicted octanol–water partition coefficient (Wildman–Crippen LogP) is 1.57. The third-order valence-corrected chi connectivity index (χ3v) is 2.93. The monoisotopic (exact) mass is 314 g/mol. The molecule has 6 heteroatoms. The average Bonchev–Trinajstić information content (AvgIpc) is 2.42. The molecule has 0 aromatic carbocycles. The molecule has 0 aliphatic heterocycles. The quantitative estimate of drug-likeness (QED) is 0.505. The zero-order chi connectivity index (χ0) is 16.8. The van der Waals surface area contributed by atoms with Gasteiger partial charge in [-0.15, -0.1) is 0 Å². The molecule has 6 nitrogen and oxygen atoms in total. The van der Waals surface area contributed by atoms with Crippen molar-refractivity contribution in [3.63, 3.8) is 0 Å². The summed E-state index contributed by atoms with van der Waals surface area (Å²) in [5.41, 5.74) is 0. The van der Waals surface area contributed by atoms with E-state index in [4.69, 9.17) is 4.74 Å². The number of rotatable bonds is 13. The van der Waals surface area contributed by atoms with Crippen LogP contribution in [-0.4, -0.2) is 43.4 Å². The maximum atomic E-state index is 11.5. The van der Waals surface area contributed by atoms with E-state index in [2.05, 4.69) is 10.6 Å². The Morgan fingerprint density at radius 2 is 1.41 bits per heavy atom. The molecule has 0 aliphatic rings. The van der Waals surface area contributed by atoms with Crippen LogP contribution >= 0.6 is 0 Å². The van der Waals surface area contributed by atoms with Crippen molar-refractivity contribution in [2.45, 2.75) is 65.4 Å². The summed E-state index contributed by atoms with van der Waals surface area (Å²) in [6, 6.07) is 0. The fraction of sp³-hybridized carbons (Fsp3) is 0.812. The van der Waals surface area contributed by atoms with E-state index in [1.165, 1.54) is 6.92 Å². The highest BCUT2D eigenvalue weighted by Crippen LogP contribution is 1.97. The molecule has 22 heavy (non-hydrogen) atoms. The van der Waals surface area contributed by atoms with Gasteiger partial charge in [-0.3, -0.25) is 9.59 Å². The van der Waals surface area contributed by atoms with Crippen LogP contribution in [0.4, 0.5) is 0 Å². The molecule has 0 spiro atoms. The highest BCUT2D eigenvalue weighted by atomic mass is 16.5. The standard InChI is InChI=1S/C16H30N2O4/c1-13(2)22-12-6-11-18-16(21)9-4-8-15(20)17-10-5-7-14(3)19/h13H,4-12H2,1-3H3,(H,17,20)(H,18,21). The van der Waals surface area contributed by atoms with Gasteiger partial charge in [-0.05, 0) is 40.0 Å². The second kappa shape index (κ2) is 13.2. The van der Waals surface area contributed by atoms with Gasteiger partial charge in [0.15, 0.2) is 0 Å². The van der Waals surface area contributed by atoms with Crippen molar-refractivity contribution in [3.05, 3.63) is 0 Å². The molecule has 2 N–H and O–H groups in total. The second-order valence-electron chi connectivity index (χ2n) is 5.63. The van der Waals surface area contributed by atoms with Crippen molar-refractivity contribution in [3.8, 4) is 0 Å². The zero-order valence-electron chi connectivity index (χ0n) is 14.1. The lowest BCUT2D eigenvalue weighted by Gasteiger charge is -2.08. The van der Waals surface area contributed by atoms with Gasteiger partial charge in [-0.25, -0.2) is 0 Å². The molecule has 0 saturated heterocycles. The number of carbonyl (C=O) groups excluding carboxylic acids is 3. The first-order valence-corrected chi connectivity index (χ1v) is 8.06. The van der Waals surface area contributed by atoms with Crippen molar-refractivity contribution in [1.29, 1.82) is 0 Å². The smallest absolute Gasteiger partial charge is 0.220 e. The Balaban J connectivity index is 3.43. The maximum absolute atomic E-state index is 11.5. The van der Waals surface area contributed by atoms with Crippen LogP contribution in [0.15, 0.2) is 0 Å². The number of amides is 2. The van der Waals surface area contributed by atoms with Gasteiger partial charge in [0.25, 0.3) is 0 Å². The Morgan fingerprint density at radius 1 is 0.864 bits per heavy atom. The lowest BCUT2D eigenvalue weighted by atomic mass is 10.2. The lowest BCUT2D eigenvalue weighted by Crippen LogP contribution is -2.27. The van der Waals surface area contributed by atoms with E-state index in [0.717, 1.165) is 6.42 Å². The Morgan fingerprint density at radius 3 is 1.91 bits per heavy atom. The van der Waals surface area contributed by atoms with Crippen LogP contribution in [0.25, 0.3) is 0 Å². The molecule has 0 atom stereocenters. The number of hydrogen-bond donors (Lipinski definition) is 2. The van der Waals surface area contributed by atoms with E-state index in [1.54, 1.807) is 0 Å². The Hall–Kier alpha value is -1.43. The second-order valence-corrected chi connectivity index (χ2v) is 5.63. The summed E-state index contributed by atoms with van der Waals surface area (Å²) in [5, 5.41) is 5.55. The Bertz CT molecular complexity index is 343. The van der Waals surface area contributed by atoms with E-state index in [-0.39, 0.29) is 23.7 Å². The number of carbonyl (C=O) groups is 3. The molecule has 0 radical (unpaired) electrons. The van der Waals surface area contributed by atoms with Gasteiger partial charge in [0.1, 0.15) is 5.78 Å². The molecule has 0 heterocycles. The summed E-state index contributed by atoms with van der Waals surface area (Å²) in [5.74, 6) is 0.0281.